The van der Waals surface area contributed by atoms with Gasteiger partial charge in [-0.1, -0.05) is 33.6 Å². The first-order valence-corrected chi connectivity index (χ1v) is 5.87. The van der Waals surface area contributed by atoms with E-state index in [9.17, 15) is 5.11 Å². The van der Waals surface area contributed by atoms with Crippen LogP contribution in [0, 0.1) is 0 Å². The van der Waals surface area contributed by atoms with Crippen LogP contribution in [0.5, 0.6) is 0 Å². The SMILES string of the molecule is Cn1ccnc1C(O)c1ccc(Br)cc1Cl. The molecule has 0 amide bonds. The van der Waals surface area contributed by atoms with Crippen LogP contribution in [0.1, 0.15) is 17.5 Å². The minimum atomic E-state index is -0.805. The molecule has 0 bridgehead atoms. The van der Waals surface area contributed by atoms with Crippen molar-refractivity contribution < 1.29 is 5.11 Å². The monoisotopic (exact) mass is 300 g/mol. The van der Waals surface area contributed by atoms with Crippen molar-refractivity contribution in [3.8, 4) is 0 Å². The van der Waals surface area contributed by atoms with Crippen LogP contribution in [0.3, 0.4) is 0 Å². The lowest BCUT2D eigenvalue weighted by molar-refractivity contribution is 0.206. The van der Waals surface area contributed by atoms with Crippen molar-refractivity contribution >= 4 is 27.5 Å². The van der Waals surface area contributed by atoms with E-state index in [1.54, 1.807) is 29.1 Å². The number of aryl methyl sites for hydroxylation is 1. The largest absolute Gasteiger partial charge is 0.380 e. The lowest BCUT2D eigenvalue weighted by Crippen LogP contribution is -2.07. The van der Waals surface area contributed by atoms with E-state index in [0.29, 0.717) is 16.4 Å². The number of hydrogen-bond acceptors (Lipinski definition) is 2. The highest BCUT2D eigenvalue weighted by Crippen LogP contribution is 2.29. The van der Waals surface area contributed by atoms with Gasteiger partial charge in [-0.3, -0.25) is 0 Å². The van der Waals surface area contributed by atoms with Crippen molar-refractivity contribution in [1.29, 1.82) is 0 Å². The van der Waals surface area contributed by atoms with Gasteiger partial charge in [-0.05, 0) is 12.1 Å². The maximum atomic E-state index is 10.2. The topological polar surface area (TPSA) is 38.0 Å². The molecule has 1 aromatic carbocycles. The van der Waals surface area contributed by atoms with Gasteiger partial charge < -0.3 is 9.67 Å². The minimum Gasteiger partial charge on any atom is -0.380 e. The fourth-order valence-corrected chi connectivity index (χ4v) is 2.28. The number of nitrogens with zero attached hydrogens (tertiary/aromatic N) is 2. The lowest BCUT2D eigenvalue weighted by Gasteiger charge is -2.12. The van der Waals surface area contributed by atoms with Crippen LogP contribution in [0.2, 0.25) is 5.02 Å². The predicted molar refractivity (Wildman–Crippen MR) is 66.4 cm³/mol. The second-order valence-electron chi connectivity index (χ2n) is 3.46. The van der Waals surface area contributed by atoms with E-state index in [2.05, 4.69) is 20.9 Å². The molecule has 3 nitrogen and oxygen atoms in total. The van der Waals surface area contributed by atoms with Gasteiger partial charge in [0.25, 0.3) is 0 Å². The molecule has 1 N–H and O–H groups in total. The van der Waals surface area contributed by atoms with Crippen molar-refractivity contribution in [3.05, 3.63) is 51.5 Å². The van der Waals surface area contributed by atoms with Crippen LogP contribution >= 0.6 is 27.5 Å². The first kappa shape index (κ1) is 11.6. The van der Waals surface area contributed by atoms with Crippen LogP contribution < -0.4 is 0 Å². The third kappa shape index (κ3) is 2.14. The van der Waals surface area contributed by atoms with Gasteiger partial charge in [0.2, 0.25) is 0 Å². The van der Waals surface area contributed by atoms with Gasteiger partial charge in [-0.15, -0.1) is 0 Å². The molecule has 0 saturated heterocycles. The molecule has 0 aliphatic carbocycles. The number of aliphatic hydroxyl groups excluding tert-OH is 1. The number of imidazole rings is 1. The molecule has 1 aromatic heterocycles. The highest BCUT2D eigenvalue weighted by Gasteiger charge is 2.17. The van der Waals surface area contributed by atoms with Gasteiger partial charge in [0.1, 0.15) is 11.9 Å². The molecule has 0 spiro atoms. The molecule has 84 valence electrons. The summed E-state index contributed by atoms with van der Waals surface area (Å²) in [5.74, 6) is 0.573. The first-order valence-electron chi connectivity index (χ1n) is 4.70. The second-order valence-corrected chi connectivity index (χ2v) is 4.79. The molecule has 1 atom stereocenters. The van der Waals surface area contributed by atoms with Gasteiger partial charge >= 0.3 is 0 Å². The summed E-state index contributed by atoms with van der Waals surface area (Å²) in [6, 6.07) is 5.38. The third-order valence-electron chi connectivity index (χ3n) is 2.36. The Morgan fingerprint density at radius 2 is 2.25 bits per heavy atom. The third-order valence-corrected chi connectivity index (χ3v) is 3.18. The quantitative estimate of drug-likeness (QED) is 0.926. The maximum Gasteiger partial charge on any atom is 0.142 e. The Balaban J connectivity index is 2.41. The summed E-state index contributed by atoms with van der Waals surface area (Å²) in [5.41, 5.74) is 0.652. The molecule has 1 heterocycles. The van der Waals surface area contributed by atoms with Crippen LogP contribution in [-0.2, 0) is 7.05 Å². The van der Waals surface area contributed by atoms with E-state index in [4.69, 9.17) is 11.6 Å². The van der Waals surface area contributed by atoms with Gasteiger partial charge in [-0.2, -0.15) is 0 Å². The number of aliphatic hydroxyl groups is 1. The normalized spacial score (nSPS) is 12.8. The standard InChI is InChI=1S/C11H10BrClN2O/c1-15-5-4-14-11(15)10(16)8-3-2-7(12)6-9(8)13/h2-6,10,16H,1H3. The lowest BCUT2D eigenvalue weighted by atomic mass is 10.1. The Hall–Kier alpha value is -0.840. The summed E-state index contributed by atoms with van der Waals surface area (Å²) in [6.07, 6.45) is 2.62. The summed E-state index contributed by atoms with van der Waals surface area (Å²) >= 11 is 9.39. The summed E-state index contributed by atoms with van der Waals surface area (Å²) in [6.45, 7) is 0. The van der Waals surface area contributed by atoms with Crippen LogP contribution in [-0.4, -0.2) is 14.7 Å². The zero-order valence-electron chi connectivity index (χ0n) is 8.56. The average Bonchev–Trinajstić information content (AvgIpc) is 2.63. The highest BCUT2D eigenvalue weighted by atomic mass is 79.9. The molecule has 0 fully saturated rings. The zero-order valence-corrected chi connectivity index (χ0v) is 10.9. The van der Waals surface area contributed by atoms with Crippen LogP contribution in [0.4, 0.5) is 0 Å². The van der Waals surface area contributed by atoms with Crippen LogP contribution in [0.25, 0.3) is 0 Å². The Labute approximate surface area is 107 Å². The fourth-order valence-electron chi connectivity index (χ4n) is 1.50. The molecule has 2 rings (SSSR count). The molecular weight excluding hydrogens is 291 g/mol. The van der Waals surface area contributed by atoms with E-state index in [1.807, 2.05) is 13.1 Å². The van der Waals surface area contributed by atoms with E-state index in [-0.39, 0.29) is 0 Å². The Kier molecular flexibility index (Phi) is 3.33. The Morgan fingerprint density at radius 1 is 1.50 bits per heavy atom. The fraction of sp³-hybridized carbons (Fsp3) is 0.182. The van der Waals surface area contributed by atoms with E-state index in [1.165, 1.54) is 0 Å². The predicted octanol–water partition coefficient (Wildman–Crippen LogP) is 2.92. The number of hydrogen-bond donors (Lipinski definition) is 1. The number of aromatic nitrogens is 2. The van der Waals surface area contributed by atoms with Crippen molar-refractivity contribution in [2.75, 3.05) is 0 Å². The second kappa shape index (κ2) is 4.57. The zero-order chi connectivity index (χ0) is 11.7. The molecule has 0 saturated carbocycles. The van der Waals surface area contributed by atoms with Crippen molar-refractivity contribution in [1.82, 2.24) is 9.55 Å². The Bertz CT molecular complexity index is 512. The molecule has 1 unspecified atom stereocenters. The smallest absolute Gasteiger partial charge is 0.142 e. The van der Waals surface area contributed by atoms with Crippen LogP contribution in [0.15, 0.2) is 35.1 Å². The van der Waals surface area contributed by atoms with Crippen molar-refractivity contribution in [2.24, 2.45) is 7.05 Å². The molecular formula is C11H10BrClN2O. The van der Waals surface area contributed by atoms with Crippen molar-refractivity contribution in [3.63, 3.8) is 0 Å². The molecule has 16 heavy (non-hydrogen) atoms. The first-order chi connectivity index (χ1) is 7.59. The number of benzene rings is 1. The molecule has 0 aliphatic heterocycles. The molecule has 2 aromatic rings. The number of halogens is 2. The number of rotatable bonds is 2. The van der Waals surface area contributed by atoms with Gasteiger partial charge in [0, 0.05) is 34.5 Å². The van der Waals surface area contributed by atoms with Crippen molar-refractivity contribution in [2.45, 2.75) is 6.10 Å². The average molecular weight is 302 g/mol. The Morgan fingerprint density at radius 3 is 2.81 bits per heavy atom. The van der Waals surface area contributed by atoms with E-state index < -0.39 is 6.10 Å². The summed E-state index contributed by atoms with van der Waals surface area (Å²) < 4.78 is 2.65. The van der Waals surface area contributed by atoms with Gasteiger partial charge in [0.05, 0.1) is 0 Å². The summed E-state index contributed by atoms with van der Waals surface area (Å²) in [4.78, 5) is 4.10. The molecule has 5 heteroatoms. The van der Waals surface area contributed by atoms with Gasteiger partial charge in [0.15, 0.2) is 0 Å². The van der Waals surface area contributed by atoms with E-state index >= 15 is 0 Å². The van der Waals surface area contributed by atoms with E-state index in [0.717, 1.165) is 4.47 Å². The highest BCUT2D eigenvalue weighted by molar-refractivity contribution is 9.10. The minimum absolute atomic E-state index is 0.518. The van der Waals surface area contributed by atoms with Gasteiger partial charge in [-0.25, -0.2) is 4.98 Å². The molecule has 0 aliphatic rings. The summed E-state index contributed by atoms with van der Waals surface area (Å²) in [7, 11) is 1.83. The summed E-state index contributed by atoms with van der Waals surface area (Å²) in [5, 5.41) is 10.7. The molecule has 0 radical (unpaired) electrons. The maximum absolute atomic E-state index is 10.2.